The summed E-state index contributed by atoms with van der Waals surface area (Å²) in [4.78, 5) is 40.7. The lowest BCUT2D eigenvalue weighted by Crippen LogP contribution is -2.48. The van der Waals surface area contributed by atoms with Crippen molar-refractivity contribution in [2.24, 2.45) is 5.92 Å². The van der Waals surface area contributed by atoms with Crippen molar-refractivity contribution < 1.29 is 28.2 Å². The summed E-state index contributed by atoms with van der Waals surface area (Å²) in [6, 6.07) is 18.8. The highest BCUT2D eigenvalue weighted by molar-refractivity contribution is 5.97. The van der Waals surface area contributed by atoms with Crippen LogP contribution in [0.3, 0.4) is 0 Å². The normalized spacial score (nSPS) is 13.6. The number of nitrogens with one attached hydrogen (secondary N) is 1. The first-order valence-electron chi connectivity index (χ1n) is 13.7. The van der Waals surface area contributed by atoms with Crippen molar-refractivity contribution in [3.05, 3.63) is 94.8 Å². The zero-order valence-corrected chi connectivity index (χ0v) is 23.7. The Morgan fingerprint density at radius 2 is 1.63 bits per heavy atom. The van der Waals surface area contributed by atoms with Gasteiger partial charge in [-0.25, -0.2) is 14.0 Å². The lowest BCUT2D eigenvalue weighted by molar-refractivity contribution is 0.0600. The molecule has 1 aliphatic heterocycles. The quantitative estimate of drug-likeness (QED) is 0.365. The maximum absolute atomic E-state index is 14.9. The first-order valence-corrected chi connectivity index (χ1v) is 13.7. The molecule has 1 aliphatic rings. The summed E-state index contributed by atoms with van der Waals surface area (Å²) in [5.74, 6) is -0.920. The van der Waals surface area contributed by atoms with Gasteiger partial charge in [0.05, 0.1) is 19.3 Å². The highest BCUT2D eigenvalue weighted by Crippen LogP contribution is 2.26. The summed E-state index contributed by atoms with van der Waals surface area (Å²) < 4.78 is 25.0. The third kappa shape index (κ3) is 8.14. The predicted octanol–water partition coefficient (Wildman–Crippen LogP) is 5.12. The Hall–Kier alpha value is -4.24. The van der Waals surface area contributed by atoms with Gasteiger partial charge < -0.3 is 19.7 Å². The number of hydrogen-bond acceptors (Lipinski definition) is 6. The highest BCUT2D eigenvalue weighted by atomic mass is 19.1. The third-order valence-corrected chi connectivity index (χ3v) is 6.84. The molecule has 3 aromatic carbocycles. The molecule has 0 atom stereocenters. The van der Waals surface area contributed by atoms with E-state index in [1.54, 1.807) is 35.2 Å². The Bertz CT molecular complexity index is 1390. The molecule has 0 aliphatic carbocycles. The van der Waals surface area contributed by atoms with E-state index in [0.29, 0.717) is 43.3 Å². The Kier molecular flexibility index (Phi) is 10.1. The zero-order chi connectivity index (χ0) is 29.4. The molecule has 1 saturated heterocycles. The molecule has 0 aromatic heterocycles. The van der Waals surface area contributed by atoms with E-state index in [1.165, 1.54) is 19.2 Å². The number of piperazine rings is 1. The molecule has 0 saturated carbocycles. The third-order valence-electron chi connectivity index (χ3n) is 6.84. The fourth-order valence-electron chi connectivity index (χ4n) is 4.61. The van der Waals surface area contributed by atoms with E-state index in [2.05, 4.69) is 10.2 Å². The fourth-order valence-corrected chi connectivity index (χ4v) is 4.61. The Labute approximate surface area is 240 Å². The predicted molar refractivity (Wildman–Crippen MR) is 154 cm³/mol. The van der Waals surface area contributed by atoms with E-state index < -0.39 is 5.97 Å². The van der Waals surface area contributed by atoms with Crippen LogP contribution >= 0.6 is 0 Å². The number of ether oxygens (including phenoxy) is 2. The molecule has 1 fully saturated rings. The first kappa shape index (κ1) is 29.7. The molecule has 0 unspecified atom stereocenters. The Balaban J connectivity index is 1.37. The van der Waals surface area contributed by atoms with E-state index >= 15 is 0 Å². The standard InChI is InChI=1S/C32H36FN3O5/c1-22(2)21-41-32(39)36-14-12-35(13-15-36)20-24-6-4-7-25(16-24)28-17-23(10-11-29(28)33)19-34-30(37)26-8-5-9-27(18-26)31(38)40-3/h4-11,16-18,22H,12-15,19-21H2,1-3H3,(H,34,37). The number of nitrogens with zero attached hydrogens (tertiary/aromatic N) is 2. The number of hydrogen-bond donors (Lipinski definition) is 1. The molecule has 0 bridgehead atoms. The molecular formula is C32H36FN3O5. The lowest BCUT2D eigenvalue weighted by atomic mass is 10.00. The van der Waals surface area contributed by atoms with Gasteiger partial charge in [-0.1, -0.05) is 44.2 Å². The van der Waals surface area contributed by atoms with Gasteiger partial charge in [0.15, 0.2) is 0 Å². The number of halogens is 1. The molecule has 41 heavy (non-hydrogen) atoms. The molecule has 0 spiro atoms. The second-order valence-corrected chi connectivity index (χ2v) is 10.5. The molecule has 216 valence electrons. The molecule has 9 heteroatoms. The van der Waals surface area contributed by atoms with Crippen molar-refractivity contribution in [1.82, 2.24) is 15.1 Å². The van der Waals surface area contributed by atoms with Crippen molar-refractivity contribution in [1.29, 1.82) is 0 Å². The maximum atomic E-state index is 14.9. The van der Waals surface area contributed by atoms with Crippen LogP contribution in [-0.4, -0.2) is 67.7 Å². The zero-order valence-electron chi connectivity index (χ0n) is 23.7. The molecule has 4 rings (SSSR count). The van der Waals surface area contributed by atoms with Crippen LogP contribution in [0.25, 0.3) is 11.1 Å². The summed E-state index contributed by atoms with van der Waals surface area (Å²) in [7, 11) is 1.28. The van der Waals surface area contributed by atoms with Gasteiger partial charge >= 0.3 is 12.1 Å². The van der Waals surface area contributed by atoms with Crippen molar-refractivity contribution >= 4 is 18.0 Å². The van der Waals surface area contributed by atoms with Crippen LogP contribution in [0, 0.1) is 11.7 Å². The van der Waals surface area contributed by atoms with Gasteiger partial charge in [0.25, 0.3) is 5.91 Å². The largest absolute Gasteiger partial charge is 0.465 e. The maximum Gasteiger partial charge on any atom is 0.409 e. The van der Waals surface area contributed by atoms with E-state index in [1.807, 2.05) is 38.1 Å². The number of methoxy groups -OCH3 is 1. The second kappa shape index (κ2) is 13.9. The van der Waals surface area contributed by atoms with Gasteiger partial charge in [0.2, 0.25) is 0 Å². The number of esters is 1. The molecule has 1 N–H and O–H groups in total. The Morgan fingerprint density at radius 1 is 0.902 bits per heavy atom. The average molecular weight is 562 g/mol. The van der Waals surface area contributed by atoms with Crippen molar-refractivity contribution in [2.75, 3.05) is 39.9 Å². The Morgan fingerprint density at radius 3 is 2.37 bits per heavy atom. The minimum Gasteiger partial charge on any atom is -0.465 e. The van der Waals surface area contributed by atoms with Crippen LogP contribution in [0.5, 0.6) is 0 Å². The van der Waals surface area contributed by atoms with E-state index in [0.717, 1.165) is 29.8 Å². The van der Waals surface area contributed by atoms with Crippen LogP contribution < -0.4 is 5.32 Å². The van der Waals surface area contributed by atoms with Crippen LogP contribution in [-0.2, 0) is 22.6 Å². The topological polar surface area (TPSA) is 88.2 Å². The number of carbonyl (C=O) groups is 3. The van der Waals surface area contributed by atoms with Crippen molar-refractivity contribution in [2.45, 2.75) is 26.9 Å². The summed E-state index contributed by atoms with van der Waals surface area (Å²) in [6.07, 6.45) is -0.262. The van der Waals surface area contributed by atoms with Gasteiger partial charge in [0.1, 0.15) is 5.82 Å². The molecular weight excluding hydrogens is 525 g/mol. The minimum absolute atomic E-state index is 0.193. The van der Waals surface area contributed by atoms with Gasteiger partial charge in [-0.05, 0) is 59.0 Å². The van der Waals surface area contributed by atoms with Gasteiger partial charge in [-0.3, -0.25) is 9.69 Å². The number of amides is 2. The number of benzene rings is 3. The first-order chi connectivity index (χ1) is 19.7. The van der Waals surface area contributed by atoms with E-state index in [4.69, 9.17) is 9.47 Å². The summed E-state index contributed by atoms with van der Waals surface area (Å²) in [5.41, 5.74) is 3.59. The molecule has 1 heterocycles. The van der Waals surface area contributed by atoms with E-state index in [-0.39, 0.29) is 29.9 Å². The van der Waals surface area contributed by atoms with Crippen LogP contribution in [0.1, 0.15) is 45.7 Å². The average Bonchev–Trinajstić information content (AvgIpc) is 2.99. The van der Waals surface area contributed by atoms with E-state index in [9.17, 15) is 18.8 Å². The SMILES string of the molecule is COC(=O)c1cccc(C(=O)NCc2ccc(F)c(-c3cccc(CN4CCN(C(=O)OCC(C)C)CC4)c3)c2)c1. The molecule has 8 nitrogen and oxygen atoms in total. The summed E-state index contributed by atoms with van der Waals surface area (Å²) >= 11 is 0. The lowest BCUT2D eigenvalue weighted by Gasteiger charge is -2.34. The highest BCUT2D eigenvalue weighted by Gasteiger charge is 2.22. The molecule has 0 radical (unpaired) electrons. The minimum atomic E-state index is -0.519. The molecule has 2 amide bonds. The molecule has 3 aromatic rings. The smallest absolute Gasteiger partial charge is 0.409 e. The van der Waals surface area contributed by atoms with Gasteiger partial charge in [-0.2, -0.15) is 0 Å². The van der Waals surface area contributed by atoms with Gasteiger partial charge in [-0.15, -0.1) is 0 Å². The monoisotopic (exact) mass is 561 g/mol. The van der Waals surface area contributed by atoms with Crippen molar-refractivity contribution in [3.63, 3.8) is 0 Å². The number of carbonyl (C=O) groups excluding carboxylic acids is 3. The number of rotatable bonds is 9. The van der Waals surface area contributed by atoms with Crippen LogP contribution in [0.2, 0.25) is 0 Å². The van der Waals surface area contributed by atoms with Crippen LogP contribution in [0.15, 0.2) is 66.7 Å². The fraction of sp³-hybridized carbons (Fsp3) is 0.344. The summed E-state index contributed by atoms with van der Waals surface area (Å²) in [6.45, 7) is 7.98. The van der Waals surface area contributed by atoms with Crippen LogP contribution in [0.4, 0.5) is 9.18 Å². The summed E-state index contributed by atoms with van der Waals surface area (Å²) in [5, 5.41) is 2.83. The second-order valence-electron chi connectivity index (χ2n) is 10.5. The van der Waals surface area contributed by atoms with Gasteiger partial charge in [0, 0.05) is 50.4 Å². The van der Waals surface area contributed by atoms with Crippen molar-refractivity contribution in [3.8, 4) is 11.1 Å².